The molecule has 1 heterocycles. The van der Waals surface area contributed by atoms with Gasteiger partial charge in [-0.3, -0.25) is 0 Å². The summed E-state index contributed by atoms with van der Waals surface area (Å²) in [6.07, 6.45) is 6.70. The molecule has 1 aromatic rings. The molecule has 0 amide bonds. The molecule has 4 heteroatoms. The first kappa shape index (κ1) is 16.1. The number of hydrogen-bond donors (Lipinski definition) is 2. The van der Waals surface area contributed by atoms with Crippen molar-refractivity contribution >= 4 is 0 Å². The van der Waals surface area contributed by atoms with Gasteiger partial charge in [0, 0.05) is 23.8 Å². The Labute approximate surface area is 149 Å². The molecule has 1 unspecified atom stereocenters. The summed E-state index contributed by atoms with van der Waals surface area (Å²) in [5.41, 5.74) is 4.52. The lowest BCUT2D eigenvalue weighted by Gasteiger charge is -2.58. The third-order valence-corrected chi connectivity index (χ3v) is 8.30. The van der Waals surface area contributed by atoms with Crippen molar-refractivity contribution in [2.75, 3.05) is 0 Å². The molecule has 0 radical (unpaired) electrons. The maximum atomic E-state index is 11.1. The van der Waals surface area contributed by atoms with Crippen LogP contribution in [0.2, 0.25) is 0 Å². The van der Waals surface area contributed by atoms with Crippen LogP contribution < -0.4 is 0 Å². The van der Waals surface area contributed by atoms with E-state index in [2.05, 4.69) is 25.9 Å². The molecule has 2 N–H and O–H groups in total. The van der Waals surface area contributed by atoms with Crippen LogP contribution in [0.15, 0.2) is 21.9 Å². The van der Waals surface area contributed by atoms with Gasteiger partial charge in [0.05, 0.1) is 18.4 Å². The van der Waals surface area contributed by atoms with Crippen LogP contribution in [-0.4, -0.2) is 27.6 Å². The zero-order valence-electron chi connectivity index (χ0n) is 15.5. The lowest BCUT2D eigenvalue weighted by Crippen LogP contribution is -2.61. The normalized spacial score (nSPS) is 44.8. The highest BCUT2D eigenvalue weighted by Crippen LogP contribution is 2.62. The minimum Gasteiger partial charge on any atom is -0.390 e. The molecule has 5 rings (SSSR count). The molecule has 4 nitrogen and oxygen atoms in total. The van der Waals surface area contributed by atoms with Crippen LogP contribution in [0.5, 0.6) is 0 Å². The largest absolute Gasteiger partial charge is 0.390 e. The molecule has 0 aliphatic heterocycles. The van der Waals surface area contributed by atoms with E-state index in [4.69, 9.17) is 4.52 Å². The van der Waals surface area contributed by atoms with Crippen LogP contribution in [0.3, 0.4) is 0 Å². The molecule has 1 fully saturated rings. The number of aromatic nitrogens is 1. The molecule has 0 bridgehead atoms. The average molecular weight is 343 g/mol. The fraction of sp³-hybridized carbons (Fsp3) is 0.762. The zero-order valence-corrected chi connectivity index (χ0v) is 15.5. The Balaban J connectivity index is 1.61. The van der Waals surface area contributed by atoms with Gasteiger partial charge in [-0.25, -0.2) is 0 Å². The predicted molar refractivity (Wildman–Crippen MR) is 93.8 cm³/mol. The van der Waals surface area contributed by atoms with Gasteiger partial charge < -0.3 is 14.7 Å². The van der Waals surface area contributed by atoms with Gasteiger partial charge >= 0.3 is 0 Å². The Morgan fingerprint density at radius 2 is 1.92 bits per heavy atom. The van der Waals surface area contributed by atoms with E-state index < -0.39 is 12.2 Å². The number of allylic oxidation sites excluding steroid dienone is 1. The van der Waals surface area contributed by atoms with Crippen molar-refractivity contribution in [1.29, 1.82) is 0 Å². The summed E-state index contributed by atoms with van der Waals surface area (Å²) in [6, 6.07) is 0. The first-order valence-electron chi connectivity index (χ1n) is 9.84. The summed E-state index contributed by atoms with van der Waals surface area (Å²) in [6.45, 7) is 7.03. The maximum absolute atomic E-state index is 11.1. The molecule has 0 spiro atoms. The number of rotatable bonds is 0. The van der Waals surface area contributed by atoms with Crippen LogP contribution in [0.4, 0.5) is 0 Å². The van der Waals surface area contributed by atoms with Crippen LogP contribution in [0, 0.1) is 28.6 Å². The van der Waals surface area contributed by atoms with Crippen molar-refractivity contribution in [3.8, 4) is 0 Å². The van der Waals surface area contributed by atoms with E-state index in [0.717, 1.165) is 31.4 Å². The Morgan fingerprint density at radius 1 is 1.12 bits per heavy atom. The van der Waals surface area contributed by atoms with E-state index in [1.807, 2.05) is 6.20 Å². The quantitative estimate of drug-likeness (QED) is 0.710. The average Bonchev–Trinajstić information content (AvgIpc) is 3.14. The Bertz CT molecular complexity index is 748. The highest BCUT2D eigenvalue weighted by Gasteiger charge is 2.60. The number of fused-ring (bicyclic) bond motifs is 5. The van der Waals surface area contributed by atoms with Crippen molar-refractivity contribution in [3.05, 3.63) is 28.7 Å². The topological polar surface area (TPSA) is 66.5 Å². The summed E-state index contributed by atoms with van der Waals surface area (Å²) in [5, 5.41) is 26.2. The second-order valence-electron chi connectivity index (χ2n) is 9.81. The van der Waals surface area contributed by atoms with Gasteiger partial charge in [-0.2, -0.15) is 0 Å². The van der Waals surface area contributed by atoms with E-state index in [-0.39, 0.29) is 22.7 Å². The number of nitrogens with zero attached hydrogens (tertiary/aromatic N) is 1. The first-order valence-corrected chi connectivity index (χ1v) is 9.84. The molecule has 136 valence electrons. The predicted octanol–water partition coefficient (Wildman–Crippen LogP) is 3.27. The Hall–Kier alpha value is -1.13. The van der Waals surface area contributed by atoms with Gasteiger partial charge in [0.1, 0.15) is 5.76 Å². The summed E-state index contributed by atoms with van der Waals surface area (Å²) < 4.78 is 5.41. The van der Waals surface area contributed by atoms with Crippen LogP contribution in [0.25, 0.3) is 0 Å². The Kier molecular flexibility index (Phi) is 3.20. The molecule has 4 aliphatic rings. The highest BCUT2D eigenvalue weighted by atomic mass is 16.5. The summed E-state index contributed by atoms with van der Waals surface area (Å²) in [4.78, 5) is 0. The van der Waals surface area contributed by atoms with E-state index in [1.165, 1.54) is 17.6 Å². The zero-order chi connectivity index (χ0) is 17.6. The summed E-state index contributed by atoms with van der Waals surface area (Å²) >= 11 is 0. The standard InChI is InChI=1S/C21H29NO3/c1-20(2)7-6-12-13(20)4-5-14-17(12)19(24)18(23)15-8-16-11(10-22-25-16)9-21(14,15)3/h10,14-15,17-19,23-24H,4-9H2,1-3H3/t14-,15+,17?,18+,19+,21+/m0/s1. The maximum Gasteiger partial charge on any atom is 0.140 e. The highest BCUT2D eigenvalue weighted by molar-refractivity contribution is 5.36. The number of aliphatic hydroxyl groups excluding tert-OH is 2. The minimum absolute atomic E-state index is 0.00707. The van der Waals surface area contributed by atoms with Gasteiger partial charge in [-0.1, -0.05) is 37.1 Å². The van der Waals surface area contributed by atoms with Gasteiger partial charge in [0.25, 0.3) is 0 Å². The molecular weight excluding hydrogens is 314 g/mol. The lowest BCUT2D eigenvalue weighted by atomic mass is 9.47. The van der Waals surface area contributed by atoms with Crippen molar-refractivity contribution in [2.24, 2.45) is 28.6 Å². The van der Waals surface area contributed by atoms with Gasteiger partial charge in [0.2, 0.25) is 0 Å². The Morgan fingerprint density at radius 3 is 2.72 bits per heavy atom. The fourth-order valence-electron chi connectivity index (χ4n) is 6.90. The monoisotopic (exact) mass is 343 g/mol. The smallest absolute Gasteiger partial charge is 0.140 e. The SMILES string of the molecule is CC1(C)CCC2=C1CC[C@H]1C2[C@@H](O)[C@H](O)[C@H]2Cc3oncc3C[C@@]21C. The van der Waals surface area contributed by atoms with Gasteiger partial charge in [0.15, 0.2) is 0 Å². The molecule has 0 aromatic carbocycles. The van der Waals surface area contributed by atoms with Crippen LogP contribution in [-0.2, 0) is 12.8 Å². The first-order chi connectivity index (χ1) is 11.8. The molecule has 25 heavy (non-hydrogen) atoms. The molecule has 1 saturated carbocycles. The van der Waals surface area contributed by atoms with E-state index >= 15 is 0 Å². The lowest BCUT2D eigenvalue weighted by molar-refractivity contribution is -0.162. The summed E-state index contributed by atoms with van der Waals surface area (Å²) in [7, 11) is 0. The molecule has 0 saturated heterocycles. The van der Waals surface area contributed by atoms with Crippen LogP contribution >= 0.6 is 0 Å². The second-order valence-corrected chi connectivity index (χ2v) is 9.81. The number of aliphatic hydroxyl groups is 2. The third kappa shape index (κ3) is 1.98. The molecule has 4 aliphatic carbocycles. The van der Waals surface area contributed by atoms with Gasteiger partial charge in [-0.05, 0) is 48.9 Å². The molecular formula is C21H29NO3. The number of hydrogen-bond acceptors (Lipinski definition) is 4. The van der Waals surface area contributed by atoms with Crippen molar-refractivity contribution < 1.29 is 14.7 Å². The molecule has 1 aromatic heterocycles. The van der Waals surface area contributed by atoms with Crippen molar-refractivity contribution in [3.63, 3.8) is 0 Å². The van der Waals surface area contributed by atoms with Crippen molar-refractivity contribution in [1.82, 2.24) is 5.16 Å². The van der Waals surface area contributed by atoms with E-state index in [1.54, 1.807) is 5.57 Å². The summed E-state index contributed by atoms with van der Waals surface area (Å²) in [5.74, 6) is 1.53. The second kappa shape index (κ2) is 4.98. The van der Waals surface area contributed by atoms with E-state index in [9.17, 15) is 10.2 Å². The van der Waals surface area contributed by atoms with Crippen LogP contribution in [0.1, 0.15) is 57.8 Å². The third-order valence-electron chi connectivity index (χ3n) is 8.30. The fourth-order valence-corrected chi connectivity index (χ4v) is 6.90. The minimum atomic E-state index is -0.680. The van der Waals surface area contributed by atoms with Crippen molar-refractivity contribution in [2.45, 2.75) is 71.5 Å². The molecule has 6 atom stereocenters. The van der Waals surface area contributed by atoms with E-state index in [0.29, 0.717) is 12.3 Å². The van der Waals surface area contributed by atoms with Gasteiger partial charge in [-0.15, -0.1) is 0 Å².